The minimum atomic E-state index is -0.426. The van der Waals surface area contributed by atoms with Crippen molar-refractivity contribution in [2.45, 2.75) is 31.3 Å². The van der Waals surface area contributed by atoms with E-state index < -0.39 is 5.91 Å². The number of hydrogen-bond acceptors (Lipinski definition) is 6. The second-order valence-corrected chi connectivity index (χ2v) is 7.80. The molecule has 0 spiro atoms. The first-order valence-corrected chi connectivity index (χ1v) is 8.99. The molecule has 0 N–H and O–H groups in total. The van der Waals surface area contributed by atoms with Gasteiger partial charge in [0.1, 0.15) is 5.69 Å². The third-order valence-corrected chi connectivity index (χ3v) is 6.23. The molecular weight excluding hydrogens is 328 g/mol. The highest BCUT2D eigenvalue weighted by atomic mass is 32.1. The maximum absolute atomic E-state index is 12.5. The maximum atomic E-state index is 12.5. The second-order valence-electron chi connectivity index (χ2n) is 6.91. The van der Waals surface area contributed by atoms with Crippen LogP contribution in [-0.2, 0) is 16.1 Å². The number of hydrogen-bond donors (Lipinski definition) is 0. The molecule has 24 heavy (non-hydrogen) atoms. The van der Waals surface area contributed by atoms with Gasteiger partial charge in [-0.05, 0) is 25.2 Å². The molecule has 4 aliphatic rings. The Hall–Kier alpha value is -2.22. The predicted octanol–water partition coefficient (Wildman–Crippen LogP) is 1.52. The lowest BCUT2D eigenvalue weighted by Gasteiger charge is -2.66. The quantitative estimate of drug-likeness (QED) is 0.786. The van der Waals surface area contributed by atoms with Gasteiger partial charge in [0.2, 0.25) is 0 Å². The van der Waals surface area contributed by atoms with E-state index in [0.29, 0.717) is 31.1 Å². The van der Waals surface area contributed by atoms with Crippen molar-refractivity contribution in [3.63, 3.8) is 0 Å². The van der Waals surface area contributed by atoms with Crippen LogP contribution in [0.2, 0.25) is 0 Å². The molecule has 2 bridgehead atoms. The summed E-state index contributed by atoms with van der Waals surface area (Å²) in [6, 6.07) is 1.78. The largest absolute Gasteiger partial charge is 0.353 e. The molecule has 0 aromatic carbocycles. The van der Waals surface area contributed by atoms with Crippen molar-refractivity contribution >= 4 is 23.2 Å². The van der Waals surface area contributed by atoms with E-state index >= 15 is 0 Å². The Bertz CT molecular complexity index is 798. The zero-order valence-electron chi connectivity index (χ0n) is 13.0. The molecule has 0 unspecified atom stereocenters. The van der Waals surface area contributed by atoms with E-state index in [1.165, 1.54) is 11.3 Å². The number of piperazine rings is 1. The number of carbonyl (C=O) groups excluding carboxylic acids is 2. The van der Waals surface area contributed by atoms with Crippen LogP contribution < -0.4 is 0 Å². The summed E-state index contributed by atoms with van der Waals surface area (Å²) < 4.78 is 5.29. The van der Waals surface area contributed by atoms with Gasteiger partial charge in [0, 0.05) is 36.3 Å². The van der Waals surface area contributed by atoms with Crippen LogP contribution in [0.1, 0.15) is 25.0 Å². The zero-order valence-corrected chi connectivity index (χ0v) is 13.8. The molecule has 4 fully saturated rings. The first kappa shape index (κ1) is 14.2. The molecule has 2 amide bonds. The topological polar surface area (TPSA) is 79.5 Å². The Balaban J connectivity index is 1.28. The van der Waals surface area contributed by atoms with Crippen LogP contribution in [0, 0.1) is 5.92 Å². The molecule has 1 aliphatic heterocycles. The average Bonchev–Trinajstić information content (AvgIpc) is 3.14. The number of amides is 2. The van der Waals surface area contributed by atoms with E-state index in [1.807, 2.05) is 10.3 Å². The fourth-order valence-electron chi connectivity index (χ4n) is 4.07. The van der Waals surface area contributed by atoms with Gasteiger partial charge in [-0.25, -0.2) is 4.98 Å². The van der Waals surface area contributed by atoms with Crippen LogP contribution in [0.25, 0.3) is 10.8 Å². The van der Waals surface area contributed by atoms with Crippen LogP contribution in [0.15, 0.2) is 22.2 Å². The molecule has 7 nitrogen and oxygen atoms in total. The monoisotopic (exact) mass is 344 g/mol. The van der Waals surface area contributed by atoms with Crippen LogP contribution in [0.3, 0.4) is 0 Å². The third kappa shape index (κ3) is 1.95. The minimum absolute atomic E-state index is 0.00933. The molecule has 3 heterocycles. The molecule has 0 radical (unpaired) electrons. The van der Waals surface area contributed by atoms with Crippen molar-refractivity contribution in [2.24, 2.45) is 5.92 Å². The van der Waals surface area contributed by atoms with Gasteiger partial charge in [-0.15, -0.1) is 11.3 Å². The fourth-order valence-corrected chi connectivity index (χ4v) is 4.65. The SMILES string of the molecule is O=C1C(=O)N(C23CC(C2)C3)CCN1Cc1cc(-c2nccs2)on1. The van der Waals surface area contributed by atoms with Gasteiger partial charge in [0.15, 0.2) is 10.8 Å². The lowest BCUT2D eigenvalue weighted by Crippen LogP contribution is -2.73. The fraction of sp³-hybridized carbons (Fsp3) is 0.500. The molecular formula is C16H16N4O3S. The van der Waals surface area contributed by atoms with E-state index in [9.17, 15) is 9.59 Å². The summed E-state index contributed by atoms with van der Waals surface area (Å²) in [5.74, 6) is 0.587. The maximum Gasteiger partial charge on any atom is 0.312 e. The first-order chi connectivity index (χ1) is 11.6. The molecule has 124 valence electrons. The van der Waals surface area contributed by atoms with Gasteiger partial charge < -0.3 is 14.3 Å². The van der Waals surface area contributed by atoms with Crippen molar-refractivity contribution in [2.75, 3.05) is 13.1 Å². The Morgan fingerprint density at radius 2 is 2.08 bits per heavy atom. The molecule has 2 aromatic heterocycles. The van der Waals surface area contributed by atoms with E-state index in [1.54, 1.807) is 17.2 Å². The highest BCUT2D eigenvalue weighted by Gasteiger charge is 2.62. The van der Waals surface area contributed by atoms with Gasteiger partial charge in [-0.3, -0.25) is 9.59 Å². The summed E-state index contributed by atoms with van der Waals surface area (Å²) in [5, 5.41) is 6.62. The van der Waals surface area contributed by atoms with Crippen LogP contribution >= 0.6 is 11.3 Å². The van der Waals surface area contributed by atoms with Crippen molar-refractivity contribution in [1.29, 1.82) is 0 Å². The van der Waals surface area contributed by atoms with E-state index in [4.69, 9.17) is 4.52 Å². The van der Waals surface area contributed by atoms with Gasteiger partial charge in [-0.2, -0.15) is 0 Å². The molecule has 1 saturated heterocycles. The van der Waals surface area contributed by atoms with Crippen molar-refractivity contribution in [3.05, 3.63) is 23.3 Å². The molecule has 3 saturated carbocycles. The highest BCUT2D eigenvalue weighted by Crippen LogP contribution is 2.60. The molecule has 8 heteroatoms. The standard InChI is InChI=1S/C16H16N4O3S/c21-14-15(22)20(16-6-10(7-16)8-16)3-2-19(14)9-11-5-12(23-18-11)13-17-1-4-24-13/h1,4-5,10H,2-3,6-9H2. The van der Waals surface area contributed by atoms with Crippen LogP contribution in [0.4, 0.5) is 0 Å². The molecule has 0 atom stereocenters. The lowest BCUT2D eigenvalue weighted by atomic mass is 9.49. The van der Waals surface area contributed by atoms with Gasteiger partial charge in [-0.1, -0.05) is 5.16 Å². The number of nitrogens with zero attached hydrogens (tertiary/aromatic N) is 4. The summed E-state index contributed by atoms with van der Waals surface area (Å²) in [7, 11) is 0. The van der Waals surface area contributed by atoms with E-state index in [2.05, 4.69) is 10.1 Å². The number of carbonyl (C=O) groups is 2. The number of thiazole rings is 1. The Kier molecular flexibility index (Phi) is 2.88. The Morgan fingerprint density at radius 3 is 2.75 bits per heavy atom. The van der Waals surface area contributed by atoms with E-state index in [0.717, 1.165) is 30.2 Å². The average molecular weight is 344 g/mol. The Morgan fingerprint density at radius 1 is 1.25 bits per heavy atom. The van der Waals surface area contributed by atoms with Crippen molar-refractivity contribution < 1.29 is 14.1 Å². The number of aromatic nitrogens is 2. The van der Waals surface area contributed by atoms with Crippen molar-refractivity contribution in [3.8, 4) is 10.8 Å². The predicted molar refractivity (Wildman–Crippen MR) is 84.8 cm³/mol. The van der Waals surface area contributed by atoms with Gasteiger partial charge >= 0.3 is 11.8 Å². The lowest BCUT2D eigenvalue weighted by molar-refractivity contribution is -0.186. The second kappa shape index (κ2) is 4.89. The number of rotatable bonds is 4. The van der Waals surface area contributed by atoms with Crippen molar-refractivity contribution in [1.82, 2.24) is 19.9 Å². The highest BCUT2D eigenvalue weighted by molar-refractivity contribution is 7.13. The molecule has 3 aliphatic carbocycles. The first-order valence-electron chi connectivity index (χ1n) is 8.11. The van der Waals surface area contributed by atoms with Crippen LogP contribution in [0.5, 0.6) is 0 Å². The normalized spacial score (nSPS) is 28.8. The summed E-state index contributed by atoms with van der Waals surface area (Å²) in [6.45, 7) is 1.47. The zero-order chi connectivity index (χ0) is 16.3. The summed E-state index contributed by atoms with van der Waals surface area (Å²) >= 11 is 1.47. The summed E-state index contributed by atoms with van der Waals surface area (Å²) in [4.78, 5) is 32.5. The smallest absolute Gasteiger partial charge is 0.312 e. The Labute approximate surface area is 142 Å². The molecule has 2 aromatic rings. The minimum Gasteiger partial charge on any atom is -0.353 e. The van der Waals surface area contributed by atoms with Gasteiger partial charge in [0.25, 0.3) is 0 Å². The van der Waals surface area contributed by atoms with E-state index in [-0.39, 0.29) is 11.4 Å². The summed E-state index contributed by atoms with van der Waals surface area (Å²) in [5.41, 5.74) is 0.649. The van der Waals surface area contributed by atoms with Crippen LogP contribution in [-0.4, -0.2) is 50.4 Å². The molecule has 6 rings (SSSR count). The third-order valence-electron chi connectivity index (χ3n) is 5.44. The van der Waals surface area contributed by atoms with Gasteiger partial charge in [0.05, 0.1) is 6.54 Å². The summed E-state index contributed by atoms with van der Waals surface area (Å²) in [6.07, 6.45) is 4.93.